The minimum atomic E-state index is -5.08. The molecule has 18 heavy (non-hydrogen) atoms. The monoisotopic (exact) mass is 269 g/mol. The number of ether oxygens (including phenoxy) is 1. The van der Waals surface area contributed by atoms with Crippen LogP contribution in [0.5, 0.6) is 0 Å². The van der Waals surface area contributed by atoms with E-state index in [0.717, 1.165) is 18.6 Å². The van der Waals surface area contributed by atoms with Crippen molar-refractivity contribution in [3.05, 3.63) is 0 Å². The molecule has 1 aliphatic rings. The van der Waals surface area contributed by atoms with Gasteiger partial charge in [-0.2, -0.15) is 13.2 Å². The van der Waals surface area contributed by atoms with Crippen LogP contribution in [-0.4, -0.2) is 41.6 Å². The number of alkyl halides is 3. The van der Waals surface area contributed by atoms with E-state index in [9.17, 15) is 18.0 Å². The van der Waals surface area contributed by atoms with Crippen LogP contribution in [0.25, 0.3) is 0 Å². The number of carbonyl (C=O) groups excluding carboxylic acids is 1. The Morgan fingerprint density at radius 2 is 2.00 bits per heavy atom. The van der Waals surface area contributed by atoms with Gasteiger partial charge in [-0.1, -0.05) is 0 Å². The molecule has 0 radical (unpaired) electrons. The third-order valence-corrected chi connectivity index (χ3v) is 1.96. The Balaban J connectivity index is 0.000000360. The second-order valence-corrected chi connectivity index (χ2v) is 3.47. The molecule has 5 nitrogen and oxygen atoms in total. The van der Waals surface area contributed by atoms with Crippen LogP contribution in [0, 0.1) is 0 Å². The molecule has 1 heterocycles. The van der Waals surface area contributed by atoms with Crippen LogP contribution in [0.1, 0.15) is 26.7 Å². The van der Waals surface area contributed by atoms with Gasteiger partial charge in [0.15, 0.2) is 0 Å². The molecule has 0 aromatic rings. The predicted molar refractivity (Wildman–Crippen MR) is 56.5 cm³/mol. The van der Waals surface area contributed by atoms with Crippen LogP contribution >= 0.6 is 0 Å². The Morgan fingerprint density at radius 1 is 1.50 bits per heavy atom. The Labute approximate surface area is 102 Å². The van der Waals surface area contributed by atoms with Gasteiger partial charge >= 0.3 is 18.1 Å². The third kappa shape index (κ3) is 6.21. The molecule has 0 aromatic heterocycles. The summed E-state index contributed by atoms with van der Waals surface area (Å²) in [6.45, 7) is 4.20. The van der Waals surface area contributed by atoms with Gasteiger partial charge < -0.3 is 9.84 Å². The summed E-state index contributed by atoms with van der Waals surface area (Å²) in [5, 5.41) is 7.12. The molecule has 8 heteroatoms. The van der Waals surface area contributed by atoms with Crippen molar-refractivity contribution in [2.24, 2.45) is 4.99 Å². The molecule has 1 atom stereocenters. The van der Waals surface area contributed by atoms with Gasteiger partial charge in [-0.05, 0) is 26.7 Å². The van der Waals surface area contributed by atoms with Gasteiger partial charge in [-0.15, -0.1) is 0 Å². The average molecular weight is 269 g/mol. The molecule has 1 aliphatic heterocycles. The van der Waals surface area contributed by atoms with Crippen molar-refractivity contribution in [3.63, 3.8) is 0 Å². The van der Waals surface area contributed by atoms with E-state index in [1.807, 2.05) is 13.8 Å². The molecule has 1 N–H and O–H groups in total. The van der Waals surface area contributed by atoms with E-state index in [4.69, 9.17) is 14.6 Å². The SMILES string of the molecule is CCOC(=O)[C@@H]1CCC(C)=N1.O=C(O)C(F)(F)F. The standard InChI is InChI=1S/C8H13NO2.C2HF3O2/c1-3-11-8(10)7-5-4-6(2)9-7;3-2(4,5)1(6)7/h7H,3-5H2,1-2H3;(H,6,7)/t7-;/m0./s1. The van der Waals surface area contributed by atoms with E-state index < -0.39 is 12.1 Å². The van der Waals surface area contributed by atoms with Crippen molar-refractivity contribution < 1.29 is 32.6 Å². The average Bonchev–Trinajstić information content (AvgIpc) is 2.65. The number of rotatable bonds is 2. The highest BCUT2D eigenvalue weighted by molar-refractivity contribution is 5.89. The Morgan fingerprint density at radius 3 is 2.28 bits per heavy atom. The van der Waals surface area contributed by atoms with Crippen molar-refractivity contribution in [2.45, 2.75) is 38.9 Å². The summed E-state index contributed by atoms with van der Waals surface area (Å²) >= 11 is 0. The highest BCUT2D eigenvalue weighted by Gasteiger charge is 2.38. The summed E-state index contributed by atoms with van der Waals surface area (Å²) in [4.78, 5) is 24.1. The minimum Gasteiger partial charge on any atom is -0.475 e. The van der Waals surface area contributed by atoms with Crippen molar-refractivity contribution in [1.82, 2.24) is 0 Å². The molecule has 1 rings (SSSR count). The van der Waals surface area contributed by atoms with Crippen molar-refractivity contribution in [3.8, 4) is 0 Å². The zero-order valence-electron chi connectivity index (χ0n) is 9.95. The molecule has 0 amide bonds. The maximum atomic E-state index is 11.1. The van der Waals surface area contributed by atoms with Gasteiger partial charge in [-0.25, -0.2) is 9.59 Å². The lowest BCUT2D eigenvalue weighted by atomic mass is 10.2. The summed E-state index contributed by atoms with van der Waals surface area (Å²) in [7, 11) is 0. The number of aliphatic imine (C=N–C) groups is 1. The number of aliphatic carboxylic acids is 1. The van der Waals surface area contributed by atoms with Gasteiger partial charge in [0.1, 0.15) is 6.04 Å². The molecule has 104 valence electrons. The summed E-state index contributed by atoms with van der Waals surface area (Å²) in [6.07, 6.45) is -3.33. The second kappa shape index (κ2) is 6.97. The first-order valence-corrected chi connectivity index (χ1v) is 5.18. The summed E-state index contributed by atoms with van der Waals surface area (Å²) in [5.74, 6) is -2.93. The van der Waals surface area contributed by atoms with Gasteiger partial charge in [0, 0.05) is 5.71 Å². The highest BCUT2D eigenvalue weighted by Crippen LogP contribution is 2.14. The maximum Gasteiger partial charge on any atom is 0.490 e. The summed E-state index contributed by atoms with van der Waals surface area (Å²) in [5.41, 5.74) is 1.06. The van der Waals surface area contributed by atoms with Crippen LogP contribution in [0.15, 0.2) is 4.99 Å². The van der Waals surface area contributed by atoms with E-state index in [2.05, 4.69) is 4.99 Å². The van der Waals surface area contributed by atoms with Crippen LogP contribution in [-0.2, 0) is 14.3 Å². The van der Waals surface area contributed by atoms with Crippen LogP contribution in [0.2, 0.25) is 0 Å². The first-order chi connectivity index (χ1) is 8.18. The molecule has 0 saturated carbocycles. The fourth-order valence-corrected chi connectivity index (χ4v) is 1.15. The zero-order chi connectivity index (χ0) is 14.3. The minimum absolute atomic E-state index is 0.177. The van der Waals surface area contributed by atoms with Crippen LogP contribution in [0.4, 0.5) is 13.2 Å². The first-order valence-electron chi connectivity index (χ1n) is 5.18. The quantitative estimate of drug-likeness (QED) is 0.775. The first kappa shape index (κ1) is 16.4. The highest BCUT2D eigenvalue weighted by atomic mass is 19.4. The largest absolute Gasteiger partial charge is 0.490 e. The number of carboxylic acid groups (broad SMARTS) is 1. The molecular formula is C10H14F3NO4. The second-order valence-electron chi connectivity index (χ2n) is 3.47. The molecule has 0 fully saturated rings. The predicted octanol–water partition coefficient (Wildman–Crippen LogP) is 1.81. The molecule has 0 spiro atoms. The van der Waals surface area contributed by atoms with E-state index in [0.29, 0.717) is 6.61 Å². The Bertz CT molecular complexity index is 339. The van der Waals surface area contributed by atoms with Gasteiger partial charge in [0.2, 0.25) is 0 Å². The Hall–Kier alpha value is -1.60. The van der Waals surface area contributed by atoms with Gasteiger partial charge in [0.05, 0.1) is 6.61 Å². The van der Waals surface area contributed by atoms with Gasteiger partial charge in [0.25, 0.3) is 0 Å². The van der Waals surface area contributed by atoms with Crippen LogP contribution < -0.4 is 0 Å². The number of halogens is 3. The topological polar surface area (TPSA) is 76.0 Å². The fraction of sp³-hybridized carbons (Fsp3) is 0.700. The maximum absolute atomic E-state index is 11.1. The number of nitrogens with zero attached hydrogens (tertiary/aromatic N) is 1. The summed E-state index contributed by atoms with van der Waals surface area (Å²) in [6, 6.07) is -0.213. The van der Waals surface area contributed by atoms with Crippen molar-refractivity contribution >= 4 is 17.7 Å². The van der Waals surface area contributed by atoms with Crippen LogP contribution in [0.3, 0.4) is 0 Å². The lowest BCUT2D eigenvalue weighted by molar-refractivity contribution is -0.192. The van der Waals surface area contributed by atoms with Gasteiger partial charge in [-0.3, -0.25) is 4.99 Å². The van der Waals surface area contributed by atoms with Crippen molar-refractivity contribution in [1.29, 1.82) is 0 Å². The number of hydrogen-bond donors (Lipinski definition) is 1. The smallest absolute Gasteiger partial charge is 0.475 e. The third-order valence-electron chi connectivity index (χ3n) is 1.96. The lowest BCUT2D eigenvalue weighted by Crippen LogP contribution is -2.21. The number of carbonyl (C=O) groups is 2. The van der Waals surface area contributed by atoms with E-state index in [1.165, 1.54) is 0 Å². The number of hydrogen-bond acceptors (Lipinski definition) is 4. The number of esters is 1. The number of carboxylic acids is 1. The molecule has 0 unspecified atom stereocenters. The van der Waals surface area contributed by atoms with E-state index >= 15 is 0 Å². The van der Waals surface area contributed by atoms with E-state index in [1.54, 1.807) is 0 Å². The fourth-order valence-electron chi connectivity index (χ4n) is 1.15. The molecular weight excluding hydrogens is 255 g/mol. The molecule has 0 bridgehead atoms. The zero-order valence-corrected chi connectivity index (χ0v) is 9.95. The summed E-state index contributed by atoms with van der Waals surface area (Å²) < 4.78 is 36.6. The Kier molecular flexibility index (Phi) is 6.35. The molecule has 0 saturated heterocycles. The van der Waals surface area contributed by atoms with E-state index in [-0.39, 0.29) is 12.0 Å². The molecule has 0 aliphatic carbocycles. The molecule has 0 aromatic carbocycles. The normalized spacial score (nSPS) is 18.5. The van der Waals surface area contributed by atoms with Crippen molar-refractivity contribution in [2.75, 3.05) is 6.61 Å². The lowest BCUT2D eigenvalue weighted by Gasteiger charge is -2.04.